The van der Waals surface area contributed by atoms with Crippen molar-refractivity contribution < 1.29 is 9.59 Å². The first kappa shape index (κ1) is 20.9. The van der Waals surface area contributed by atoms with Gasteiger partial charge in [0.05, 0.1) is 10.2 Å². The van der Waals surface area contributed by atoms with Crippen LogP contribution in [-0.4, -0.2) is 42.5 Å². The monoisotopic (exact) mass is 443 g/mol. The maximum atomic E-state index is 12.5. The predicted molar refractivity (Wildman–Crippen MR) is 123 cm³/mol. The lowest BCUT2D eigenvalue weighted by Gasteiger charge is -2.13. The molecule has 4 N–H and O–H groups in total. The normalized spacial score (nSPS) is 13.4. The average molecular weight is 444 g/mol. The van der Waals surface area contributed by atoms with Crippen LogP contribution in [0.2, 0.25) is 0 Å². The summed E-state index contributed by atoms with van der Waals surface area (Å²) in [5.41, 5.74) is 3.12. The molecule has 30 heavy (non-hydrogen) atoms. The Labute approximate surface area is 183 Å². The fourth-order valence-electron chi connectivity index (χ4n) is 3.41. The van der Waals surface area contributed by atoms with Crippen molar-refractivity contribution in [2.45, 2.75) is 32.9 Å². The SMILES string of the molecule is CC(C)NCCNC(=O)C(=O)Nc1sc2c(c1-c1nc3ccccc3s1)CCNC2. The first-order chi connectivity index (χ1) is 14.5. The molecule has 1 aliphatic heterocycles. The largest absolute Gasteiger partial charge is 0.347 e. The van der Waals surface area contributed by atoms with Crippen LogP contribution in [0.5, 0.6) is 0 Å². The van der Waals surface area contributed by atoms with Crippen molar-refractivity contribution in [1.29, 1.82) is 0 Å². The van der Waals surface area contributed by atoms with Crippen LogP contribution in [0.4, 0.5) is 5.00 Å². The number of carbonyl (C=O) groups excluding carboxylic acids is 2. The van der Waals surface area contributed by atoms with Crippen molar-refractivity contribution in [2.24, 2.45) is 0 Å². The molecular formula is C21H25N5O2S2. The van der Waals surface area contributed by atoms with Crippen LogP contribution in [0.1, 0.15) is 24.3 Å². The van der Waals surface area contributed by atoms with Crippen molar-refractivity contribution in [1.82, 2.24) is 20.9 Å². The molecule has 0 bridgehead atoms. The molecule has 0 aliphatic carbocycles. The quantitative estimate of drug-likeness (QED) is 0.347. The maximum Gasteiger partial charge on any atom is 0.314 e. The topological polar surface area (TPSA) is 95.1 Å². The molecule has 1 aromatic carbocycles. The van der Waals surface area contributed by atoms with E-state index in [2.05, 4.69) is 21.3 Å². The summed E-state index contributed by atoms with van der Waals surface area (Å²) in [7, 11) is 0. The van der Waals surface area contributed by atoms with Crippen LogP contribution in [-0.2, 0) is 22.6 Å². The predicted octanol–water partition coefficient (Wildman–Crippen LogP) is 2.72. The highest BCUT2D eigenvalue weighted by Crippen LogP contribution is 2.44. The molecule has 0 fully saturated rings. The molecule has 7 nitrogen and oxygen atoms in total. The fourth-order valence-corrected chi connectivity index (χ4v) is 5.73. The smallest absolute Gasteiger partial charge is 0.314 e. The van der Waals surface area contributed by atoms with Gasteiger partial charge in [0, 0.05) is 36.1 Å². The van der Waals surface area contributed by atoms with Crippen LogP contribution in [0.25, 0.3) is 20.8 Å². The van der Waals surface area contributed by atoms with Crippen molar-refractivity contribution in [3.63, 3.8) is 0 Å². The molecule has 0 saturated carbocycles. The summed E-state index contributed by atoms with van der Waals surface area (Å²) in [6.45, 7) is 6.74. The molecular weight excluding hydrogens is 418 g/mol. The highest BCUT2D eigenvalue weighted by molar-refractivity contribution is 7.23. The molecule has 2 aromatic heterocycles. The van der Waals surface area contributed by atoms with Gasteiger partial charge < -0.3 is 21.3 Å². The zero-order valence-electron chi connectivity index (χ0n) is 17.0. The third-order valence-electron chi connectivity index (χ3n) is 4.83. The van der Waals surface area contributed by atoms with Gasteiger partial charge in [0.2, 0.25) is 0 Å². The summed E-state index contributed by atoms with van der Waals surface area (Å²) in [6.07, 6.45) is 0.875. The first-order valence-electron chi connectivity index (χ1n) is 10.1. The van der Waals surface area contributed by atoms with Crippen molar-refractivity contribution in [2.75, 3.05) is 25.0 Å². The number of benzene rings is 1. The Kier molecular flexibility index (Phi) is 6.43. The molecule has 0 saturated heterocycles. The number of carbonyl (C=O) groups is 2. The third-order valence-corrected chi connectivity index (χ3v) is 7.03. The van der Waals surface area contributed by atoms with E-state index in [0.717, 1.165) is 40.3 Å². The number of rotatable bonds is 6. The molecule has 9 heteroatoms. The summed E-state index contributed by atoms with van der Waals surface area (Å²) in [4.78, 5) is 30.8. The number of thiazole rings is 1. The van der Waals surface area contributed by atoms with E-state index in [1.807, 2.05) is 38.1 Å². The second-order valence-corrected chi connectivity index (χ2v) is 9.58. The Bertz CT molecular complexity index is 1040. The Morgan fingerprint density at radius 2 is 2.00 bits per heavy atom. The Hall–Kier alpha value is -2.33. The second kappa shape index (κ2) is 9.22. The lowest BCUT2D eigenvalue weighted by atomic mass is 10.0. The highest BCUT2D eigenvalue weighted by Gasteiger charge is 2.26. The zero-order valence-corrected chi connectivity index (χ0v) is 18.6. The van der Waals surface area contributed by atoms with Crippen LogP contribution in [0.3, 0.4) is 0 Å². The lowest BCUT2D eigenvalue weighted by molar-refractivity contribution is -0.136. The third kappa shape index (κ3) is 4.54. The van der Waals surface area contributed by atoms with Crippen LogP contribution >= 0.6 is 22.7 Å². The van der Waals surface area contributed by atoms with E-state index in [0.29, 0.717) is 24.1 Å². The van der Waals surface area contributed by atoms with Crippen LogP contribution in [0.15, 0.2) is 24.3 Å². The van der Waals surface area contributed by atoms with Gasteiger partial charge in [-0.2, -0.15) is 0 Å². The molecule has 0 spiro atoms. The average Bonchev–Trinajstić information content (AvgIpc) is 3.31. The van der Waals surface area contributed by atoms with Gasteiger partial charge in [0.25, 0.3) is 0 Å². The van der Waals surface area contributed by atoms with Gasteiger partial charge in [0.15, 0.2) is 0 Å². The van der Waals surface area contributed by atoms with Crippen LogP contribution in [0, 0.1) is 0 Å². The standard InChI is InChI=1S/C21H25N5O2S2/c1-12(2)23-9-10-24-18(27)19(28)26-21-17(13-7-8-22-11-16(13)30-21)20-25-14-5-3-4-6-15(14)29-20/h3-6,12,22-23H,7-11H2,1-2H3,(H,24,27)(H,26,28). The fraction of sp³-hybridized carbons (Fsp3) is 0.381. The second-order valence-electron chi connectivity index (χ2n) is 7.44. The number of nitrogens with one attached hydrogen (secondary N) is 4. The number of hydrogen-bond donors (Lipinski definition) is 4. The Morgan fingerprint density at radius 3 is 2.80 bits per heavy atom. The summed E-state index contributed by atoms with van der Waals surface area (Å²) in [6, 6.07) is 8.34. The van der Waals surface area contributed by atoms with E-state index in [4.69, 9.17) is 4.98 Å². The van der Waals surface area contributed by atoms with Gasteiger partial charge >= 0.3 is 11.8 Å². The van der Waals surface area contributed by atoms with E-state index < -0.39 is 11.8 Å². The molecule has 1 aliphatic rings. The van der Waals surface area contributed by atoms with Crippen molar-refractivity contribution in [3.8, 4) is 10.6 Å². The number of amides is 2. The molecule has 4 rings (SSSR count). The van der Waals surface area contributed by atoms with E-state index in [9.17, 15) is 9.59 Å². The Balaban J connectivity index is 1.56. The molecule has 0 atom stereocenters. The molecule has 0 unspecified atom stereocenters. The van der Waals surface area contributed by atoms with Crippen LogP contribution < -0.4 is 21.3 Å². The minimum atomic E-state index is -0.645. The molecule has 3 aromatic rings. The minimum absolute atomic E-state index is 0.332. The number of nitrogens with zero attached hydrogens (tertiary/aromatic N) is 1. The number of thiophene rings is 1. The molecule has 2 amide bonds. The summed E-state index contributed by atoms with van der Waals surface area (Å²) < 4.78 is 1.11. The van der Waals surface area contributed by atoms with Gasteiger partial charge in [-0.3, -0.25) is 9.59 Å². The van der Waals surface area contributed by atoms with E-state index in [-0.39, 0.29) is 0 Å². The number of para-hydroxylation sites is 1. The Morgan fingerprint density at radius 1 is 1.17 bits per heavy atom. The number of aromatic nitrogens is 1. The van der Waals surface area contributed by atoms with E-state index in [1.165, 1.54) is 21.8 Å². The van der Waals surface area contributed by atoms with Crippen molar-refractivity contribution >= 4 is 49.7 Å². The first-order valence-corrected chi connectivity index (χ1v) is 11.7. The van der Waals surface area contributed by atoms with E-state index in [1.54, 1.807) is 11.3 Å². The van der Waals surface area contributed by atoms with Gasteiger partial charge in [-0.25, -0.2) is 4.98 Å². The molecule has 3 heterocycles. The number of anilines is 1. The van der Waals surface area contributed by atoms with Gasteiger partial charge in [0.1, 0.15) is 10.0 Å². The minimum Gasteiger partial charge on any atom is -0.347 e. The summed E-state index contributed by atoms with van der Waals surface area (Å²) in [5, 5.41) is 13.7. The zero-order chi connectivity index (χ0) is 21.1. The lowest BCUT2D eigenvalue weighted by Crippen LogP contribution is -2.40. The van der Waals surface area contributed by atoms with E-state index >= 15 is 0 Å². The number of fused-ring (bicyclic) bond motifs is 2. The number of hydrogen-bond acceptors (Lipinski definition) is 7. The summed E-state index contributed by atoms with van der Waals surface area (Å²) >= 11 is 3.14. The summed E-state index contributed by atoms with van der Waals surface area (Å²) in [5.74, 6) is -1.27. The van der Waals surface area contributed by atoms with Gasteiger partial charge in [-0.05, 0) is 30.7 Å². The van der Waals surface area contributed by atoms with Gasteiger partial charge in [-0.1, -0.05) is 26.0 Å². The highest BCUT2D eigenvalue weighted by atomic mass is 32.1. The van der Waals surface area contributed by atoms with Crippen molar-refractivity contribution in [3.05, 3.63) is 34.7 Å². The molecule has 0 radical (unpaired) electrons. The maximum absolute atomic E-state index is 12.5. The van der Waals surface area contributed by atoms with Gasteiger partial charge in [-0.15, -0.1) is 22.7 Å². The molecule has 158 valence electrons.